The number of nitriles is 1. The van der Waals surface area contributed by atoms with Crippen LogP contribution in [0, 0.1) is 11.3 Å². The Balaban J connectivity index is 2.11. The van der Waals surface area contributed by atoms with Gasteiger partial charge in [0.05, 0.1) is 25.2 Å². The minimum Gasteiger partial charge on any atom is -0.469 e. The summed E-state index contributed by atoms with van der Waals surface area (Å²) in [5, 5.41) is 9.23. The number of thioether (sulfide) groups is 1. The van der Waals surface area contributed by atoms with Crippen molar-refractivity contribution in [2.24, 2.45) is 0 Å². The molecular weight excluding hydrogens is 342 g/mol. The Morgan fingerprint density at radius 3 is 2.54 bits per heavy atom. The monoisotopic (exact) mass is 361 g/mol. The molecule has 26 heavy (non-hydrogen) atoms. The van der Waals surface area contributed by atoms with E-state index < -0.39 is 0 Å². The zero-order valence-corrected chi connectivity index (χ0v) is 15.8. The van der Waals surface area contributed by atoms with E-state index in [4.69, 9.17) is 4.74 Å². The van der Waals surface area contributed by atoms with Crippen LogP contribution in [0.2, 0.25) is 0 Å². The third kappa shape index (κ3) is 3.44. The first-order valence-electron chi connectivity index (χ1n) is 8.25. The molecule has 0 N–H and O–H groups in total. The van der Waals surface area contributed by atoms with Crippen molar-refractivity contribution in [2.45, 2.75) is 18.2 Å². The normalized spacial score (nSPS) is 14.3. The van der Waals surface area contributed by atoms with Crippen LogP contribution in [-0.4, -0.2) is 19.3 Å². The average Bonchev–Trinajstić information content (AvgIpc) is 2.93. The molecule has 0 unspecified atom stereocenters. The molecule has 3 rings (SSSR count). The third-order valence-electron chi connectivity index (χ3n) is 4.60. The van der Waals surface area contributed by atoms with E-state index in [0.717, 1.165) is 33.4 Å². The maximum Gasteiger partial charge on any atom is 0.310 e. The number of nitrogens with zero attached hydrogens (tertiary/aromatic N) is 1. The van der Waals surface area contributed by atoms with Crippen LogP contribution >= 0.6 is 11.8 Å². The lowest BCUT2D eigenvalue weighted by atomic mass is 9.99. The van der Waals surface area contributed by atoms with Crippen LogP contribution < -0.4 is 0 Å². The Morgan fingerprint density at radius 1 is 1.19 bits per heavy atom. The summed E-state index contributed by atoms with van der Waals surface area (Å²) in [6, 6.07) is 16.2. The van der Waals surface area contributed by atoms with Gasteiger partial charge in [-0.3, -0.25) is 4.79 Å². The molecular formula is C22H19NO2S. The summed E-state index contributed by atoms with van der Waals surface area (Å²) in [5.41, 5.74) is 6.75. The van der Waals surface area contributed by atoms with E-state index in [1.54, 1.807) is 11.8 Å². The molecule has 0 fully saturated rings. The zero-order valence-electron chi connectivity index (χ0n) is 15.0. The van der Waals surface area contributed by atoms with E-state index in [1.807, 2.05) is 25.1 Å². The number of carbonyl (C=O) groups is 1. The number of hydrogen-bond donors (Lipinski definition) is 0. The highest BCUT2D eigenvalue weighted by Gasteiger charge is 2.25. The van der Waals surface area contributed by atoms with Crippen molar-refractivity contribution in [1.29, 1.82) is 5.26 Å². The number of carbonyl (C=O) groups excluding carboxylic acids is 1. The molecule has 0 bridgehead atoms. The Hall–Kier alpha value is -2.77. The van der Waals surface area contributed by atoms with Crippen molar-refractivity contribution in [3.63, 3.8) is 0 Å². The van der Waals surface area contributed by atoms with Gasteiger partial charge in [0.1, 0.15) is 0 Å². The van der Waals surface area contributed by atoms with Crippen LogP contribution in [0.5, 0.6) is 0 Å². The molecule has 0 saturated heterocycles. The highest BCUT2D eigenvalue weighted by Crippen LogP contribution is 2.44. The maximum atomic E-state index is 11.9. The summed E-state index contributed by atoms with van der Waals surface area (Å²) >= 11 is 1.71. The second kappa shape index (κ2) is 7.63. The van der Waals surface area contributed by atoms with Gasteiger partial charge >= 0.3 is 5.97 Å². The van der Waals surface area contributed by atoms with E-state index in [0.29, 0.717) is 5.56 Å². The van der Waals surface area contributed by atoms with Gasteiger partial charge in [-0.1, -0.05) is 18.2 Å². The van der Waals surface area contributed by atoms with Crippen molar-refractivity contribution < 1.29 is 9.53 Å². The van der Waals surface area contributed by atoms with E-state index >= 15 is 0 Å². The number of rotatable bonds is 4. The summed E-state index contributed by atoms with van der Waals surface area (Å²) < 4.78 is 4.85. The van der Waals surface area contributed by atoms with Gasteiger partial charge in [-0.2, -0.15) is 5.26 Å². The molecule has 2 aromatic rings. The van der Waals surface area contributed by atoms with Gasteiger partial charge in [0.15, 0.2) is 0 Å². The molecule has 0 radical (unpaired) electrons. The van der Waals surface area contributed by atoms with Gasteiger partial charge in [-0.25, -0.2) is 0 Å². The summed E-state index contributed by atoms with van der Waals surface area (Å²) in [5.74, 6) is -0.279. The molecule has 3 nitrogen and oxygen atoms in total. The molecule has 4 heteroatoms. The van der Waals surface area contributed by atoms with E-state index in [9.17, 15) is 10.1 Å². The fourth-order valence-corrected chi connectivity index (χ4v) is 3.57. The van der Waals surface area contributed by atoms with E-state index in [-0.39, 0.29) is 12.4 Å². The number of benzene rings is 2. The van der Waals surface area contributed by atoms with Gasteiger partial charge < -0.3 is 4.74 Å². The van der Waals surface area contributed by atoms with Crippen molar-refractivity contribution in [3.8, 4) is 6.07 Å². The first-order chi connectivity index (χ1) is 12.6. The molecule has 1 aliphatic carbocycles. The molecule has 0 atom stereocenters. The van der Waals surface area contributed by atoms with E-state index in [1.165, 1.54) is 12.0 Å². The molecule has 2 aromatic carbocycles. The lowest BCUT2D eigenvalue weighted by Gasteiger charge is -2.05. The standard InChI is InChI=1S/C22H19NO2S/c1-14-19(10-15-4-7-17(26-3)8-5-15)18-9-6-16(13-23)11-21(18)20(14)12-22(24)25-2/h4-11H,12H2,1-3H3/b19-10+. The van der Waals surface area contributed by atoms with Crippen LogP contribution in [0.4, 0.5) is 0 Å². The summed E-state index contributed by atoms with van der Waals surface area (Å²) in [6.07, 6.45) is 4.39. The molecule has 0 spiro atoms. The lowest BCUT2D eigenvalue weighted by molar-refractivity contribution is -0.139. The zero-order chi connectivity index (χ0) is 18.7. The first kappa shape index (κ1) is 18.0. The van der Waals surface area contributed by atoms with Crippen molar-refractivity contribution in [3.05, 3.63) is 70.3 Å². The van der Waals surface area contributed by atoms with Gasteiger partial charge in [-0.15, -0.1) is 11.8 Å². The highest BCUT2D eigenvalue weighted by atomic mass is 32.2. The molecule has 0 amide bonds. The van der Waals surface area contributed by atoms with Crippen LogP contribution in [0.3, 0.4) is 0 Å². The van der Waals surface area contributed by atoms with Crippen LogP contribution in [0.25, 0.3) is 17.2 Å². The topological polar surface area (TPSA) is 50.1 Å². The maximum absolute atomic E-state index is 11.9. The molecule has 0 aromatic heterocycles. The van der Waals surface area contributed by atoms with Crippen LogP contribution in [0.1, 0.15) is 35.6 Å². The smallest absolute Gasteiger partial charge is 0.310 e. The number of esters is 1. The number of hydrogen-bond acceptors (Lipinski definition) is 4. The molecule has 0 heterocycles. The number of ether oxygens (including phenoxy) is 1. The largest absolute Gasteiger partial charge is 0.469 e. The van der Waals surface area contributed by atoms with E-state index in [2.05, 4.69) is 42.7 Å². The Morgan fingerprint density at radius 2 is 1.92 bits per heavy atom. The quantitative estimate of drug-likeness (QED) is 0.557. The minimum absolute atomic E-state index is 0.201. The van der Waals surface area contributed by atoms with Crippen molar-refractivity contribution >= 4 is 35.0 Å². The predicted octanol–water partition coefficient (Wildman–Crippen LogP) is 5.17. The fourth-order valence-electron chi connectivity index (χ4n) is 3.16. The molecule has 0 saturated carbocycles. The minimum atomic E-state index is -0.279. The second-order valence-corrected chi connectivity index (χ2v) is 6.94. The SMILES string of the molecule is COC(=O)CC1=C(C)/C(=C\c2ccc(SC)cc2)c2ccc(C#N)cc21. The van der Waals surface area contributed by atoms with Gasteiger partial charge in [-0.05, 0) is 76.9 Å². The van der Waals surface area contributed by atoms with Crippen LogP contribution in [-0.2, 0) is 9.53 Å². The van der Waals surface area contributed by atoms with Gasteiger partial charge in [0, 0.05) is 4.90 Å². The molecule has 130 valence electrons. The first-order valence-corrected chi connectivity index (χ1v) is 9.47. The Bertz CT molecular complexity index is 963. The van der Waals surface area contributed by atoms with Crippen molar-refractivity contribution in [2.75, 3.05) is 13.4 Å². The molecule has 1 aliphatic rings. The second-order valence-electron chi connectivity index (χ2n) is 6.06. The molecule has 0 aliphatic heterocycles. The van der Waals surface area contributed by atoms with Crippen molar-refractivity contribution in [1.82, 2.24) is 0 Å². The third-order valence-corrected chi connectivity index (χ3v) is 5.34. The summed E-state index contributed by atoms with van der Waals surface area (Å²) in [6.45, 7) is 2.02. The Kier molecular flexibility index (Phi) is 5.29. The fraction of sp³-hybridized carbons (Fsp3) is 0.182. The predicted molar refractivity (Wildman–Crippen MR) is 106 cm³/mol. The summed E-state index contributed by atoms with van der Waals surface area (Å²) in [7, 11) is 1.39. The average molecular weight is 361 g/mol. The number of methoxy groups -OCH3 is 1. The Labute approximate surface area is 158 Å². The number of fused-ring (bicyclic) bond motifs is 1. The van der Waals surface area contributed by atoms with Gasteiger partial charge in [0.25, 0.3) is 0 Å². The number of allylic oxidation sites excluding steroid dienone is 2. The lowest BCUT2D eigenvalue weighted by Crippen LogP contribution is -2.01. The van der Waals surface area contributed by atoms with Gasteiger partial charge in [0.2, 0.25) is 0 Å². The highest BCUT2D eigenvalue weighted by molar-refractivity contribution is 7.98. The summed E-state index contributed by atoms with van der Waals surface area (Å²) in [4.78, 5) is 13.1. The van der Waals surface area contributed by atoms with Crippen LogP contribution in [0.15, 0.2) is 52.9 Å².